The summed E-state index contributed by atoms with van der Waals surface area (Å²) in [7, 11) is 0. The Kier molecular flexibility index (Phi) is 3.77. The highest BCUT2D eigenvalue weighted by Gasteiger charge is 1.90. The molecule has 0 fully saturated rings. The first kappa shape index (κ1) is 10.5. The van der Waals surface area contributed by atoms with Gasteiger partial charge in [0.05, 0.1) is 6.54 Å². The van der Waals surface area contributed by atoms with Gasteiger partial charge in [-0.1, -0.05) is 36.4 Å². The van der Waals surface area contributed by atoms with Crippen LogP contribution in [0.2, 0.25) is 0 Å². The van der Waals surface area contributed by atoms with E-state index in [0.29, 0.717) is 12.4 Å². The van der Waals surface area contributed by atoms with E-state index in [1.165, 1.54) is 5.56 Å². The van der Waals surface area contributed by atoms with Gasteiger partial charge in [0, 0.05) is 6.20 Å². The number of hydrogen-bond donors (Lipinski definition) is 0. The maximum atomic E-state index is 4.10. The minimum Gasteiger partial charge on any atom is -0.236 e. The van der Waals surface area contributed by atoms with Gasteiger partial charge in [0.25, 0.3) is 0 Å². The minimum atomic E-state index is 0.663. The Balaban J connectivity index is 1.83. The molecule has 0 saturated heterocycles. The van der Waals surface area contributed by atoms with Crippen LogP contribution >= 0.6 is 0 Å². The van der Waals surface area contributed by atoms with Crippen LogP contribution in [0.4, 0.5) is 5.82 Å². The van der Waals surface area contributed by atoms with E-state index in [0.717, 1.165) is 6.42 Å². The number of azo groups is 1. The second kappa shape index (κ2) is 5.75. The fourth-order valence-corrected chi connectivity index (χ4v) is 1.36. The molecule has 1 aromatic heterocycles. The van der Waals surface area contributed by atoms with Gasteiger partial charge in [-0.25, -0.2) is 4.98 Å². The first-order valence-electron chi connectivity index (χ1n) is 5.27. The molecule has 0 aliphatic carbocycles. The second-order valence-corrected chi connectivity index (χ2v) is 3.39. The first-order valence-corrected chi connectivity index (χ1v) is 5.27. The van der Waals surface area contributed by atoms with Gasteiger partial charge in [-0.05, 0) is 24.1 Å². The highest BCUT2D eigenvalue weighted by molar-refractivity contribution is 5.23. The summed E-state index contributed by atoms with van der Waals surface area (Å²) < 4.78 is 0. The summed E-state index contributed by atoms with van der Waals surface area (Å²) in [4.78, 5) is 4.06. The van der Waals surface area contributed by atoms with Crippen LogP contribution in [0, 0.1) is 0 Å². The van der Waals surface area contributed by atoms with Gasteiger partial charge in [-0.15, -0.1) is 5.11 Å². The molecule has 0 N–H and O–H groups in total. The second-order valence-electron chi connectivity index (χ2n) is 3.39. The highest BCUT2D eigenvalue weighted by atomic mass is 15.1. The predicted molar refractivity (Wildman–Crippen MR) is 63.8 cm³/mol. The van der Waals surface area contributed by atoms with Crippen molar-refractivity contribution in [1.82, 2.24) is 4.98 Å². The van der Waals surface area contributed by atoms with Crippen LogP contribution in [-0.4, -0.2) is 11.5 Å². The van der Waals surface area contributed by atoms with Gasteiger partial charge in [0.1, 0.15) is 0 Å². The van der Waals surface area contributed by atoms with Crippen molar-refractivity contribution < 1.29 is 0 Å². The summed E-state index contributed by atoms with van der Waals surface area (Å²) in [6.07, 6.45) is 2.63. The fraction of sp³-hybridized carbons (Fsp3) is 0.154. The van der Waals surface area contributed by atoms with Crippen molar-refractivity contribution in [2.45, 2.75) is 6.42 Å². The van der Waals surface area contributed by atoms with Gasteiger partial charge in [0.2, 0.25) is 0 Å². The Morgan fingerprint density at radius 2 is 1.75 bits per heavy atom. The summed E-state index contributed by atoms with van der Waals surface area (Å²) in [5, 5.41) is 8.13. The van der Waals surface area contributed by atoms with Gasteiger partial charge < -0.3 is 0 Å². The predicted octanol–water partition coefficient (Wildman–Crippen LogP) is 3.41. The lowest BCUT2D eigenvalue weighted by atomic mass is 10.2. The Bertz CT molecular complexity index is 437. The summed E-state index contributed by atoms with van der Waals surface area (Å²) in [5.41, 5.74) is 1.28. The number of hydrogen-bond acceptors (Lipinski definition) is 3. The zero-order valence-electron chi connectivity index (χ0n) is 8.95. The van der Waals surface area contributed by atoms with Crippen molar-refractivity contribution >= 4 is 5.82 Å². The molecular formula is C13H13N3. The minimum absolute atomic E-state index is 0.663. The van der Waals surface area contributed by atoms with Crippen molar-refractivity contribution in [3.63, 3.8) is 0 Å². The fourth-order valence-electron chi connectivity index (χ4n) is 1.36. The maximum absolute atomic E-state index is 4.10. The van der Waals surface area contributed by atoms with Crippen molar-refractivity contribution in [3.8, 4) is 0 Å². The molecule has 0 aliphatic heterocycles. The zero-order valence-corrected chi connectivity index (χ0v) is 8.95. The molecule has 0 unspecified atom stereocenters. The summed E-state index contributed by atoms with van der Waals surface area (Å²) in [6.45, 7) is 0.695. The lowest BCUT2D eigenvalue weighted by molar-refractivity contribution is 0.896. The lowest BCUT2D eigenvalue weighted by Gasteiger charge is -1.95. The molecule has 0 spiro atoms. The molecule has 80 valence electrons. The Morgan fingerprint density at radius 3 is 2.50 bits per heavy atom. The van der Waals surface area contributed by atoms with Crippen LogP contribution < -0.4 is 0 Å². The molecule has 0 radical (unpaired) electrons. The Hall–Kier alpha value is -2.03. The van der Waals surface area contributed by atoms with Crippen LogP contribution in [0.3, 0.4) is 0 Å². The molecule has 0 saturated carbocycles. The lowest BCUT2D eigenvalue weighted by Crippen LogP contribution is -1.87. The summed E-state index contributed by atoms with van der Waals surface area (Å²) >= 11 is 0. The van der Waals surface area contributed by atoms with E-state index in [1.54, 1.807) is 6.20 Å². The van der Waals surface area contributed by atoms with Crippen LogP contribution in [0.15, 0.2) is 65.0 Å². The average Bonchev–Trinajstić information content (AvgIpc) is 2.37. The van der Waals surface area contributed by atoms with Crippen molar-refractivity contribution in [1.29, 1.82) is 0 Å². The SMILES string of the molecule is c1ccc(CCN=Nc2ccccn2)cc1. The molecule has 1 heterocycles. The van der Waals surface area contributed by atoms with Crippen LogP contribution in [0.25, 0.3) is 0 Å². The zero-order chi connectivity index (χ0) is 11.1. The largest absolute Gasteiger partial charge is 0.236 e. The molecular weight excluding hydrogens is 198 g/mol. The molecule has 2 aromatic rings. The van der Waals surface area contributed by atoms with Crippen molar-refractivity contribution in [3.05, 3.63) is 60.3 Å². The van der Waals surface area contributed by atoms with Crippen molar-refractivity contribution in [2.24, 2.45) is 10.2 Å². The van der Waals surface area contributed by atoms with Gasteiger partial charge in [0.15, 0.2) is 5.82 Å². The topological polar surface area (TPSA) is 37.6 Å². The number of aromatic nitrogens is 1. The number of pyridine rings is 1. The van der Waals surface area contributed by atoms with E-state index in [-0.39, 0.29) is 0 Å². The molecule has 2 rings (SSSR count). The standard InChI is InChI=1S/C13H13N3/c1-2-6-12(7-3-1)9-11-15-16-13-8-4-5-10-14-13/h1-8,10H,9,11H2. The quantitative estimate of drug-likeness (QED) is 0.714. The molecule has 3 nitrogen and oxygen atoms in total. The van der Waals surface area contributed by atoms with E-state index in [4.69, 9.17) is 0 Å². The van der Waals surface area contributed by atoms with Crippen molar-refractivity contribution in [2.75, 3.05) is 6.54 Å². The molecule has 3 heteroatoms. The number of benzene rings is 1. The monoisotopic (exact) mass is 211 g/mol. The molecule has 0 amide bonds. The highest BCUT2D eigenvalue weighted by Crippen LogP contribution is 2.06. The summed E-state index contributed by atoms with van der Waals surface area (Å²) in [6, 6.07) is 15.9. The third kappa shape index (κ3) is 3.28. The number of nitrogens with zero attached hydrogens (tertiary/aromatic N) is 3. The summed E-state index contributed by atoms with van der Waals surface area (Å²) in [5.74, 6) is 0.663. The smallest absolute Gasteiger partial charge is 0.173 e. The van der Waals surface area contributed by atoms with Crippen LogP contribution in [0.5, 0.6) is 0 Å². The van der Waals surface area contributed by atoms with Gasteiger partial charge in [-0.2, -0.15) is 5.11 Å². The van der Waals surface area contributed by atoms with Crippen LogP contribution in [-0.2, 0) is 6.42 Å². The Morgan fingerprint density at radius 1 is 0.938 bits per heavy atom. The normalized spacial score (nSPS) is 10.8. The van der Waals surface area contributed by atoms with E-state index in [2.05, 4.69) is 27.3 Å². The maximum Gasteiger partial charge on any atom is 0.173 e. The van der Waals surface area contributed by atoms with E-state index in [9.17, 15) is 0 Å². The molecule has 0 bridgehead atoms. The third-order valence-electron chi connectivity index (χ3n) is 2.17. The van der Waals surface area contributed by atoms with Gasteiger partial charge in [-0.3, -0.25) is 0 Å². The van der Waals surface area contributed by atoms with E-state index in [1.807, 2.05) is 36.4 Å². The average molecular weight is 211 g/mol. The third-order valence-corrected chi connectivity index (χ3v) is 2.17. The first-order chi connectivity index (χ1) is 7.95. The molecule has 1 aromatic carbocycles. The molecule has 16 heavy (non-hydrogen) atoms. The molecule has 0 atom stereocenters. The number of rotatable bonds is 4. The Labute approximate surface area is 94.9 Å². The van der Waals surface area contributed by atoms with E-state index < -0.39 is 0 Å². The molecule has 0 aliphatic rings. The van der Waals surface area contributed by atoms with E-state index >= 15 is 0 Å². The van der Waals surface area contributed by atoms with Gasteiger partial charge >= 0.3 is 0 Å². The van der Waals surface area contributed by atoms with Crippen LogP contribution in [0.1, 0.15) is 5.56 Å².